The molecule has 4 rings (SSSR count). The van der Waals surface area contributed by atoms with E-state index >= 15 is 0 Å². The number of para-hydroxylation sites is 1. The lowest BCUT2D eigenvalue weighted by Gasteiger charge is -2.29. The van der Waals surface area contributed by atoms with Gasteiger partial charge in [-0.25, -0.2) is 4.39 Å². The zero-order chi connectivity index (χ0) is 20.2. The highest BCUT2D eigenvalue weighted by atomic mass is 19.1. The van der Waals surface area contributed by atoms with Crippen molar-refractivity contribution in [2.24, 2.45) is 5.92 Å². The van der Waals surface area contributed by atoms with Crippen LogP contribution in [0.3, 0.4) is 0 Å². The van der Waals surface area contributed by atoms with E-state index in [4.69, 9.17) is 0 Å². The fourth-order valence-electron chi connectivity index (χ4n) is 4.52. The molecule has 0 radical (unpaired) electrons. The van der Waals surface area contributed by atoms with Crippen LogP contribution in [0.4, 0.5) is 4.39 Å². The molecule has 0 saturated heterocycles. The highest BCUT2D eigenvalue weighted by molar-refractivity contribution is 5.85. The van der Waals surface area contributed by atoms with Gasteiger partial charge in [0.25, 0.3) is 0 Å². The Morgan fingerprint density at radius 2 is 1.83 bits per heavy atom. The molecule has 3 nitrogen and oxygen atoms in total. The van der Waals surface area contributed by atoms with Gasteiger partial charge in [-0.1, -0.05) is 56.2 Å². The van der Waals surface area contributed by atoms with Gasteiger partial charge in [0, 0.05) is 35.1 Å². The summed E-state index contributed by atoms with van der Waals surface area (Å²) in [6.45, 7) is 2.72. The number of fused-ring (bicyclic) bond motifs is 1. The van der Waals surface area contributed by atoms with Gasteiger partial charge in [0.15, 0.2) is 0 Å². The average molecular weight is 393 g/mol. The number of aryl methyl sites for hydroxylation is 1. The third kappa shape index (κ3) is 4.52. The summed E-state index contributed by atoms with van der Waals surface area (Å²) in [5, 5.41) is 4.39. The predicted molar refractivity (Wildman–Crippen MR) is 115 cm³/mol. The number of carbonyl (C=O) groups is 1. The van der Waals surface area contributed by atoms with Crippen LogP contribution in [0, 0.1) is 11.7 Å². The SMILES string of the molecule is CC1CCCCC1NC(=O)CCc1cn(Cc2ccccc2F)c2ccccc12. The summed E-state index contributed by atoms with van der Waals surface area (Å²) in [6, 6.07) is 15.4. The van der Waals surface area contributed by atoms with E-state index in [1.807, 2.05) is 24.3 Å². The summed E-state index contributed by atoms with van der Waals surface area (Å²) >= 11 is 0. The maximum absolute atomic E-state index is 14.1. The van der Waals surface area contributed by atoms with Crippen molar-refractivity contribution in [3.8, 4) is 0 Å². The molecule has 0 aliphatic heterocycles. The third-order valence-electron chi connectivity index (χ3n) is 6.25. The number of halogens is 1. The van der Waals surface area contributed by atoms with Crippen molar-refractivity contribution in [3.05, 3.63) is 71.7 Å². The van der Waals surface area contributed by atoms with Crippen LogP contribution in [-0.4, -0.2) is 16.5 Å². The Balaban J connectivity index is 1.48. The van der Waals surface area contributed by atoms with E-state index in [1.54, 1.807) is 6.07 Å². The lowest BCUT2D eigenvalue weighted by atomic mass is 9.86. The lowest BCUT2D eigenvalue weighted by molar-refractivity contribution is -0.122. The second-order valence-electron chi connectivity index (χ2n) is 8.33. The zero-order valence-electron chi connectivity index (χ0n) is 17.0. The molecule has 1 heterocycles. The summed E-state index contributed by atoms with van der Waals surface area (Å²) in [6.07, 6.45) is 8.03. The van der Waals surface area contributed by atoms with Gasteiger partial charge in [0.05, 0.1) is 6.54 Å². The molecule has 1 aliphatic carbocycles. The van der Waals surface area contributed by atoms with Gasteiger partial charge in [-0.2, -0.15) is 0 Å². The van der Waals surface area contributed by atoms with E-state index in [2.05, 4.69) is 35.1 Å². The van der Waals surface area contributed by atoms with Crippen LogP contribution < -0.4 is 5.32 Å². The number of aromatic nitrogens is 1. The van der Waals surface area contributed by atoms with E-state index in [9.17, 15) is 9.18 Å². The third-order valence-corrected chi connectivity index (χ3v) is 6.25. The Morgan fingerprint density at radius 1 is 1.07 bits per heavy atom. The number of nitrogens with zero attached hydrogens (tertiary/aromatic N) is 1. The highest BCUT2D eigenvalue weighted by Gasteiger charge is 2.22. The Bertz CT molecular complexity index is 993. The first-order valence-corrected chi connectivity index (χ1v) is 10.7. The number of hydrogen-bond donors (Lipinski definition) is 1. The van der Waals surface area contributed by atoms with Gasteiger partial charge in [-0.3, -0.25) is 4.79 Å². The van der Waals surface area contributed by atoms with Gasteiger partial charge >= 0.3 is 0 Å². The van der Waals surface area contributed by atoms with Crippen LogP contribution in [0.2, 0.25) is 0 Å². The topological polar surface area (TPSA) is 34.0 Å². The molecule has 4 heteroatoms. The summed E-state index contributed by atoms with van der Waals surface area (Å²) in [5.41, 5.74) is 2.89. The molecule has 2 unspecified atom stereocenters. The van der Waals surface area contributed by atoms with E-state index in [0.717, 1.165) is 22.9 Å². The van der Waals surface area contributed by atoms with Gasteiger partial charge in [-0.05, 0) is 42.9 Å². The molecule has 152 valence electrons. The summed E-state index contributed by atoms with van der Waals surface area (Å²) in [4.78, 5) is 12.5. The maximum atomic E-state index is 14.1. The van der Waals surface area contributed by atoms with Gasteiger partial charge in [0.2, 0.25) is 5.91 Å². The smallest absolute Gasteiger partial charge is 0.220 e. The molecule has 1 amide bonds. The Kier molecular flexibility index (Phi) is 5.98. The maximum Gasteiger partial charge on any atom is 0.220 e. The highest BCUT2D eigenvalue weighted by Crippen LogP contribution is 2.25. The summed E-state index contributed by atoms with van der Waals surface area (Å²) < 4.78 is 16.2. The van der Waals surface area contributed by atoms with Crippen LogP contribution in [0.1, 0.15) is 50.2 Å². The van der Waals surface area contributed by atoms with E-state index in [1.165, 1.54) is 25.3 Å². The molecule has 1 aliphatic rings. The van der Waals surface area contributed by atoms with Crippen molar-refractivity contribution in [1.29, 1.82) is 0 Å². The second kappa shape index (κ2) is 8.81. The van der Waals surface area contributed by atoms with Crippen LogP contribution in [0.5, 0.6) is 0 Å². The van der Waals surface area contributed by atoms with Crippen LogP contribution in [0.25, 0.3) is 10.9 Å². The first-order chi connectivity index (χ1) is 14.1. The van der Waals surface area contributed by atoms with Crippen molar-refractivity contribution >= 4 is 16.8 Å². The molecule has 1 fully saturated rings. The average Bonchev–Trinajstić information content (AvgIpc) is 3.08. The van der Waals surface area contributed by atoms with Gasteiger partial charge in [0.1, 0.15) is 5.82 Å². The fraction of sp³-hybridized carbons (Fsp3) is 0.400. The van der Waals surface area contributed by atoms with E-state index in [0.29, 0.717) is 36.9 Å². The molecule has 2 aromatic carbocycles. The number of rotatable bonds is 6. The molecule has 0 bridgehead atoms. The van der Waals surface area contributed by atoms with E-state index < -0.39 is 0 Å². The molecule has 1 saturated carbocycles. The quantitative estimate of drug-likeness (QED) is 0.594. The van der Waals surface area contributed by atoms with Crippen molar-refractivity contribution in [2.75, 3.05) is 0 Å². The minimum absolute atomic E-state index is 0.134. The monoisotopic (exact) mass is 392 g/mol. The Morgan fingerprint density at radius 3 is 2.66 bits per heavy atom. The number of carbonyl (C=O) groups excluding carboxylic acids is 1. The molecular formula is C25H29FN2O. The normalized spacial score (nSPS) is 19.4. The fourth-order valence-corrected chi connectivity index (χ4v) is 4.52. The van der Waals surface area contributed by atoms with Crippen LogP contribution in [0.15, 0.2) is 54.7 Å². The molecule has 1 aromatic heterocycles. The minimum Gasteiger partial charge on any atom is -0.353 e. The minimum atomic E-state index is -0.187. The number of nitrogens with one attached hydrogen (secondary N) is 1. The number of benzene rings is 2. The molecular weight excluding hydrogens is 363 g/mol. The van der Waals surface area contributed by atoms with Crippen LogP contribution >= 0.6 is 0 Å². The first-order valence-electron chi connectivity index (χ1n) is 10.7. The predicted octanol–water partition coefficient (Wildman–Crippen LogP) is 5.46. The Hall–Kier alpha value is -2.62. The number of hydrogen-bond acceptors (Lipinski definition) is 1. The first kappa shape index (κ1) is 19.7. The molecule has 1 N–H and O–H groups in total. The lowest BCUT2D eigenvalue weighted by Crippen LogP contribution is -2.41. The van der Waals surface area contributed by atoms with Crippen molar-refractivity contribution in [2.45, 2.75) is 58.0 Å². The molecule has 3 aromatic rings. The number of amides is 1. The Labute approximate surface area is 171 Å². The van der Waals surface area contributed by atoms with E-state index in [-0.39, 0.29) is 11.7 Å². The molecule has 29 heavy (non-hydrogen) atoms. The molecule has 2 atom stereocenters. The van der Waals surface area contributed by atoms with Gasteiger partial charge in [-0.15, -0.1) is 0 Å². The van der Waals surface area contributed by atoms with Gasteiger partial charge < -0.3 is 9.88 Å². The second-order valence-corrected chi connectivity index (χ2v) is 8.33. The molecule has 0 spiro atoms. The summed E-state index contributed by atoms with van der Waals surface area (Å²) in [5.74, 6) is 0.512. The van der Waals surface area contributed by atoms with Crippen molar-refractivity contribution < 1.29 is 9.18 Å². The van der Waals surface area contributed by atoms with Crippen molar-refractivity contribution in [3.63, 3.8) is 0 Å². The van der Waals surface area contributed by atoms with Crippen molar-refractivity contribution in [1.82, 2.24) is 9.88 Å². The largest absolute Gasteiger partial charge is 0.353 e. The standard InChI is InChI=1S/C25H29FN2O/c1-18-8-2-6-12-23(18)27-25(29)15-14-19-16-28(24-13-7-4-10-21(19)24)17-20-9-3-5-11-22(20)26/h3-5,7,9-11,13,16,18,23H,2,6,8,12,14-15,17H2,1H3,(H,27,29). The zero-order valence-corrected chi connectivity index (χ0v) is 17.0. The van der Waals surface area contributed by atoms with Crippen LogP contribution in [-0.2, 0) is 17.8 Å². The summed E-state index contributed by atoms with van der Waals surface area (Å²) in [7, 11) is 0.